The summed E-state index contributed by atoms with van der Waals surface area (Å²) in [6.45, 7) is 12.1. The number of ether oxygens (including phenoxy) is 2. The molecule has 0 amide bonds. The molecule has 1 aliphatic heterocycles. The molecule has 5 aliphatic rings. The number of hydrogen-bond acceptors (Lipinski definition) is 6. The van der Waals surface area contributed by atoms with Gasteiger partial charge in [-0.3, -0.25) is 0 Å². The standard InChI is InChI=1S/C33H58O6/c1-19(2)7-6-8-20(3)24-11-12-25-23-10-9-21-17-22(13-15-32(21,4)26(23)14-16-33(24,25)5)38-31-30(37)29(36)28(35)27(18-34)39-31/h19-31,34-37H,6-18H2,1-5H3/t20-,21?,22+,23+,24-,25+,26+,27-,28-,29+,30-,31-,32+,33-/m1/s1. The zero-order valence-electron chi connectivity index (χ0n) is 25.3. The van der Waals surface area contributed by atoms with Crippen LogP contribution in [0.3, 0.4) is 0 Å². The van der Waals surface area contributed by atoms with Crippen LogP contribution >= 0.6 is 0 Å². The highest BCUT2D eigenvalue weighted by Crippen LogP contribution is 2.68. The van der Waals surface area contributed by atoms with E-state index >= 15 is 0 Å². The lowest BCUT2D eigenvalue weighted by Crippen LogP contribution is -2.60. The first-order valence-electron chi connectivity index (χ1n) is 16.5. The molecule has 1 heterocycles. The van der Waals surface area contributed by atoms with Crippen molar-refractivity contribution >= 4 is 0 Å². The van der Waals surface area contributed by atoms with Gasteiger partial charge in [-0.2, -0.15) is 0 Å². The van der Waals surface area contributed by atoms with Crippen LogP contribution < -0.4 is 0 Å². The Balaban J connectivity index is 1.21. The Bertz CT molecular complexity index is 818. The second-order valence-corrected chi connectivity index (χ2v) is 15.4. The molecule has 5 rings (SSSR count). The minimum Gasteiger partial charge on any atom is -0.394 e. The highest BCUT2D eigenvalue weighted by molar-refractivity contribution is 5.10. The molecule has 14 atom stereocenters. The first-order chi connectivity index (χ1) is 18.5. The van der Waals surface area contributed by atoms with Gasteiger partial charge in [0.2, 0.25) is 0 Å². The normalized spacial score (nSPS) is 50.8. The maximum Gasteiger partial charge on any atom is 0.186 e. The fraction of sp³-hybridized carbons (Fsp3) is 1.00. The summed E-state index contributed by atoms with van der Waals surface area (Å²) in [7, 11) is 0. The maximum absolute atomic E-state index is 10.5. The van der Waals surface area contributed by atoms with Crippen LogP contribution in [0.1, 0.15) is 112 Å². The quantitative estimate of drug-likeness (QED) is 0.307. The third-order valence-corrected chi connectivity index (χ3v) is 13.0. The van der Waals surface area contributed by atoms with Crippen LogP contribution in [0, 0.1) is 52.3 Å². The Morgan fingerprint density at radius 3 is 2.26 bits per heavy atom. The van der Waals surface area contributed by atoms with Crippen molar-refractivity contribution in [2.24, 2.45) is 52.3 Å². The van der Waals surface area contributed by atoms with E-state index in [4.69, 9.17) is 9.47 Å². The fourth-order valence-corrected chi connectivity index (χ4v) is 10.7. The average Bonchev–Trinajstić information content (AvgIpc) is 3.26. The molecular weight excluding hydrogens is 492 g/mol. The Morgan fingerprint density at radius 2 is 1.54 bits per heavy atom. The average molecular weight is 551 g/mol. The monoisotopic (exact) mass is 550 g/mol. The highest BCUT2D eigenvalue weighted by Gasteiger charge is 2.61. The molecule has 1 unspecified atom stereocenters. The number of hydrogen-bond donors (Lipinski definition) is 4. The molecule has 0 aromatic carbocycles. The lowest BCUT2D eigenvalue weighted by atomic mass is 9.44. The van der Waals surface area contributed by atoms with Gasteiger partial charge in [-0.1, -0.05) is 53.9 Å². The number of fused-ring (bicyclic) bond motifs is 5. The minimum absolute atomic E-state index is 0.0301. The largest absolute Gasteiger partial charge is 0.394 e. The Hall–Kier alpha value is -0.240. The summed E-state index contributed by atoms with van der Waals surface area (Å²) < 4.78 is 11.9. The molecule has 0 aromatic rings. The van der Waals surface area contributed by atoms with E-state index in [1.165, 1.54) is 57.8 Å². The molecule has 4 saturated carbocycles. The summed E-state index contributed by atoms with van der Waals surface area (Å²) in [5, 5.41) is 40.3. The number of aliphatic hydroxyl groups is 4. The van der Waals surface area contributed by atoms with Crippen molar-refractivity contribution in [3.63, 3.8) is 0 Å². The first kappa shape index (κ1) is 30.2. The predicted octanol–water partition coefficient (Wildman–Crippen LogP) is 5.29. The fourth-order valence-electron chi connectivity index (χ4n) is 10.7. The van der Waals surface area contributed by atoms with Crippen LogP contribution in [0.2, 0.25) is 0 Å². The lowest BCUT2D eigenvalue weighted by Gasteiger charge is -2.61. The van der Waals surface area contributed by atoms with Crippen LogP contribution in [0.15, 0.2) is 0 Å². The van der Waals surface area contributed by atoms with Crippen molar-refractivity contribution in [3.8, 4) is 0 Å². The van der Waals surface area contributed by atoms with Crippen LogP contribution in [-0.2, 0) is 9.47 Å². The zero-order chi connectivity index (χ0) is 28.1. The van der Waals surface area contributed by atoms with Gasteiger partial charge < -0.3 is 29.9 Å². The molecule has 4 N–H and O–H groups in total. The molecule has 0 bridgehead atoms. The Kier molecular flexibility index (Phi) is 9.14. The zero-order valence-corrected chi connectivity index (χ0v) is 25.3. The van der Waals surface area contributed by atoms with E-state index in [0.717, 1.165) is 54.8 Å². The molecule has 226 valence electrons. The van der Waals surface area contributed by atoms with Gasteiger partial charge in [0.05, 0.1) is 12.7 Å². The van der Waals surface area contributed by atoms with Crippen LogP contribution in [0.25, 0.3) is 0 Å². The lowest BCUT2D eigenvalue weighted by molar-refractivity contribution is -0.316. The molecule has 4 aliphatic carbocycles. The molecule has 1 saturated heterocycles. The van der Waals surface area contributed by atoms with E-state index in [-0.39, 0.29) is 6.10 Å². The second kappa shape index (κ2) is 11.8. The van der Waals surface area contributed by atoms with E-state index in [1.807, 2.05) is 0 Å². The van der Waals surface area contributed by atoms with Gasteiger partial charge in [0.15, 0.2) is 6.29 Å². The molecule has 0 radical (unpaired) electrons. The van der Waals surface area contributed by atoms with Crippen molar-refractivity contribution in [1.82, 2.24) is 0 Å². The van der Waals surface area contributed by atoms with Gasteiger partial charge in [0.1, 0.15) is 24.4 Å². The van der Waals surface area contributed by atoms with Crippen molar-refractivity contribution in [2.45, 2.75) is 148 Å². The van der Waals surface area contributed by atoms with Gasteiger partial charge >= 0.3 is 0 Å². The molecule has 0 spiro atoms. The predicted molar refractivity (Wildman–Crippen MR) is 152 cm³/mol. The van der Waals surface area contributed by atoms with Gasteiger partial charge in [-0.15, -0.1) is 0 Å². The molecule has 6 nitrogen and oxygen atoms in total. The Labute approximate surface area is 237 Å². The third-order valence-electron chi connectivity index (χ3n) is 13.0. The first-order valence-corrected chi connectivity index (χ1v) is 16.5. The molecule has 6 heteroatoms. The maximum atomic E-state index is 10.5. The van der Waals surface area contributed by atoms with Gasteiger partial charge in [0, 0.05) is 0 Å². The third kappa shape index (κ3) is 5.49. The van der Waals surface area contributed by atoms with Gasteiger partial charge in [-0.05, 0) is 110 Å². The molecular formula is C33H58O6. The van der Waals surface area contributed by atoms with E-state index in [9.17, 15) is 20.4 Å². The van der Waals surface area contributed by atoms with E-state index < -0.39 is 37.3 Å². The van der Waals surface area contributed by atoms with Crippen molar-refractivity contribution < 1.29 is 29.9 Å². The summed E-state index contributed by atoms with van der Waals surface area (Å²) in [4.78, 5) is 0. The van der Waals surface area contributed by atoms with Crippen molar-refractivity contribution in [1.29, 1.82) is 0 Å². The topological polar surface area (TPSA) is 99.4 Å². The summed E-state index contributed by atoms with van der Waals surface area (Å²) in [5.74, 6) is 5.71. The highest BCUT2D eigenvalue weighted by atomic mass is 16.7. The van der Waals surface area contributed by atoms with Crippen LogP contribution in [0.4, 0.5) is 0 Å². The van der Waals surface area contributed by atoms with E-state index in [0.29, 0.717) is 16.7 Å². The summed E-state index contributed by atoms with van der Waals surface area (Å²) in [6.07, 6.45) is 9.41. The summed E-state index contributed by atoms with van der Waals surface area (Å²) in [6, 6.07) is 0. The second-order valence-electron chi connectivity index (χ2n) is 15.4. The molecule has 39 heavy (non-hydrogen) atoms. The summed E-state index contributed by atoms with van der Waals surface area (Å²) >= 11 is 0. The van der Waals surface area contributed by atoms with Crippen LogP contribution in [-0.4, -0.2) is 63.8 Å². The van der Waals surface area contributed by atoms with Crippen LogP contribution in [0.5, 0.6) is 0 Å². The van der Waals surface area contributed by atoms with Gasteiger partial charge in [-0.25, -0.2) is 0 Å². The van der Waals surface area contributed by atoms with E-state index in [2.05, 4.69) is 34.6 Å². The smallest absolute Gasteiger partial charge is 0.186 e. The van der Waals surface area contributed by atoms with Crippen molar-refractivity contribution in [2.75, 3.05) is 6.61 Å². The molecule has 5 fully saturated rings. The van der Waals surface area contributed by atoms with Crippen molar-refractivity contribution in [3.05, 3.63) is 0 Å². The summed E-state index contributed by atoms with van der Waals surface area (Å²) in [5.41, 5.74) is 0.867. The Morgan fingerprint density at radius 1 is 0.821 bits per heavy atom. The van der Waals surface area contributed by atoms with Gasteiger partial charge in [0.25, 0.3) is 0 Å². The number of aliphatic hydroxyl groups excluding tert-OH is 4. The number of rotatable bonds is 8. The molecule has 0 aromatic heterocycles. The SMILES string of the molecule is CC(C)CCC[C@@H](C)[C@H]1CC[C@H]2[C@@H]3CCC4C[C@@H](O[C@@H]5O[C@H](CO)[C@@H](O)[C@H](O)[C@H]5O)CC[C@]4(C)[C@H]3CC[C@]12C. The van der Waals surface area contributed by atoms with E-state index in [1.54, 1.807) is 0 Å². The minimum atomic E-state index is -1.38.